The minimum absolute atomic E-state index is 0.862. The number of hydrogen-bond donors (Lipinski definition) is 1. The van der Waals surface area contributed by atoms with E-state index in [1.54, 1.807) is 0 Å². The lowest BCUT2D eigenvalue weighted by molar-refractivity contribution is 0.657. The van der Waals surface area contributed by atoms with Crippen LogP contribution in [0.15, 0.2) is 0 Å². The van der Waals surface area contributed by atoms with Crippen LogP contribution in [0.1, 0.15) is 67.2 Å². The zero-order valence-corrected chi connectivity index (χ0v) is 14.1. The van der Waals surface area contributed by atoms with Crippen LogP contribution in [0.3, 0.4) is 0 Å². The molecule has 0 amide bonds. The Morgan fingerprint density at radius 1 is 0.706 bits per heavy atom. The lowest BCUT2D eigenvalue weighted by Gasteiger charge is -2.43. The van der Waals surface area contributed by atoms with Crippen molar-refractivity contribution in [2.75, 3.05) is 6.54 Å². The second-order valence-corrected chi connectivity index (χ2v) is 12.7. The van der Waals surface area contributed by atoms with Crippen LogP contribution in [0.2, 0.25) is 22.7 Å². The fourth-order valence-electron chi connectivity index (χ4n) is 3.80. The molecule has 0 bridgehead atoms. The van der Waals surface area contributed by atoms with Crippen molar-refractivity contribution in [3.8, 4) is 0 Å². The minimum atomic E-state index is -1.12. The van der Waals surface area contributed by atoms with Gasteiger partial charge in [-0.05, 0) is 13.0 Å². The Hall–Kier alpha value is 0.177. The molecule has 0 aromatic carbocycles. The fourth-order valence-corrected chi connectivity index (χ4v) is 10.4. The number of unbranched alkanes of at least 4 members (excludes halogenated alkanes) is 3. The van der Waals surface area contributed by atoms with Crippen molar-refractivity contribution in [2.24, 2.45) is 5.73 Å². The number of nitrogens with two attached hydrogens (primary N) is 1. The minimum Gasteiger partial charge on any atom is -0.330 e. The van der Waals surface area contributed by atoms with Gasteiger partial charge in [0.1, 0.15) is 0 Å². The molecule has 0 saturated carbocycles. The van der Waals surface area contributed by atoms with Crippen LogP contribution in [0.4, 0.5) is 0 Å². The monoisotopic (exact) mass is 257 g/mol. The van der Waals surface area contributed by atoms with E-state index in [1.165, 1.54) is 31.7 Å². The predicted molar refractivity (Wildman–Crippen MR) is 83.4 cm³/mol. The van der Waals surface area contributed by atoms with Crippen LogP contribution in [-0.4, -0.2) is 14.6 Å². The van der Waals surface area contributed by atoms with Crippen LogP contribution < -0.4 is 5.73 Å². The number of hydrogen-bond acceptors (Lipinski definition) is 1. The van der Waals surface area contributed by atoms with Crippen LogP contribution in [0.5, 0.6) is 0 Å². The Morgan fingerprint density at radius 2 is 1.12 bits per heavy atom. The predicted octanol–water partition coefficient (Wildman–Crippen LogP) is 5.18. The first-order chi connectivity index (χ1) is 7.89. The van der Waals surface area contributed by atoms with E-state index in [0.29, 0.717) is 0 Å². The maximum Gasteiger partial charge on any atom is 0.0612 e. The van der Waals surface area contributed by atoms with Gasteiger partial charge in [-0.3, -0.25) is 0 Å². The van der Waals surface area contributed by atoms with Crippen molar-refractivity contribution in [3.63, 3.8) is 0 Å². The third-order valence-electron chi connectivity index (χ3n) is 4.79. The van der Waals surface area contributed by atoms with Gasteiger partial charge >= 0.3 is 0 Å². The molecule has 0 aliphatic rings. The molecule has 0 unspecified atom stereocenters. The van der Waals surface area contributed by atoms with E-state index in [2.05, 4.69) is 41.5 Å². The van der Waals surface area contributed by atoms with E-state index >= 15 is 0 Å². The normalized spacial score (nSPS) is 13.1. The van der Waals surface area contributed by atoms with Crippen LogP contribution in [-0.2, 0) is 0 Å². The summed E-state index contributed by atoms with van der Waals surface area (Å²) >= 11 is 0. The van der Waals surface area contributed by atoms with Gasteiger partial charge in [-0.25, -0.2) is 0 Å². The molecule has 0 atom stereocenters. The first-order valence-corrected chi connectivity index (χ1v) is 10.0. The Bertz CT molecular complexity index is 166. The highest BCUT2D eigenvalue weighted by Gasteiger charge is 2.41. The summed E-state index contributed by atoms with van der Waals surface area (Å²) in [5.74, 6) is 0. The van der Waals surface area contributed by atoms with E-state index in [9.17, 15) is 0 Å². The molecule has 0 saturated heterocycles. The zero-order chi connectivity index (χ0) is 13.5. The first-order valence-electron chi connectivity index (χ1n) is 7.59. The topological polar surface area (TPSA) is 26.0 Å². The Kier molecular flexibility index (Phi) is 8.40. The molecule has 104 valence electrons. The first kappa shape index (κ1) is 17.2. The van der Waals surface area contributed by atoms with E-state index in [0.717, 1.165) is 23.2 Å². The Morgan fingerprint density at radius 3 is 1.47 bits per heavy atom. The van der Waals surface area contributed by atoms with Crippen molar-refractivity contribution in [1.82, 2.24) is 0 Å². The lowest BCUT2D eigenvalue weighted by Crippen LogP contribution is -2.44. The molecule has 0 aromatic heterocycles. The molecule has 0 heterocycles. The summed E-state index contributed by atoms with van der Waals surface area (Å²) in [6, 6.07) is 1.52. The summed E-state index contributed by atoms with van der Waals surface area (Å²) < 4.78 is 0. The van der Waals surface area contributed by atoms with Crippen molar-refractivity contribution in [3.05, 3.63) is 0 Å². The summed E-state index contributed by atoms with van der Waals surface area (Å²) in [7, 11) is -1.12. The van der Waals surface area contributed by atoms with Gasteiger partial charge in [-0.2, -0.15) is 0 Å². The molecule has 2 N–H and O–H groups in total. The van der Waals surface area contributed by atoms with Gasteiger partial charge in [-0.1, -0.05) is 83.5 Å². The summed E-state index contributed by atoms with van der Waals surface area (Å²) in [6.07, 6.45) is 5.35. The summed E-state index contributed by atoms with van der Waals surface area (Å²) in [5, 5.41) is 0. The van der Waals surface area contributed by atoms with E-state index in [1.807, 2.05) is 0 Å². The average Bonchev–Trinajstić information content (AvgIpc) is 2.21. The van der Waals surface area contributed by atoms with Gasteiger partial charge in [0.25, 0.3) is 0 Å². The van der Waals surface area contributed by atoms with Gasteiger partial charge in [-0.15, -0.1) is 0 Å². The quantitative estimate of drug-likeness (QED) is 0.447. The van der Waals surface area contributed by atoms with E-state index in [-0.39, 0.29) is 0 Å². The van der Waals surface area contributed by atoms with E-state index in [4.69, 9.17) is 5.73 Å². The molecule has 1 nitrogen and oxygen atoms in total. The van der Waals surface area contributed by atoms with Crippen molar-refractivity contribution in [1.29, 1.82) is 0 Å². The Balaban J connectivity index is 4.38. The van der Waals surface area contributed by atoms with Crippen LogP contribution >= 0.6 is 0 Å². The molecule has 0 fully saturated rings. The second kappa shape index (κ2) is 8.31. The van der Waals surface area contributed by atoms with Crippen LogP contribution in [0, 0.1) is 0 Å². The Labute approximate surface area is 111 Å². The molecule has 2 heteroatoms. The highest BCUT2D eigenvalue weighted by atomic mass is 28.3. The van der Waals surface area contributed by atoms with Crippen molar-refractivity contribution >= 4 is 8.07 Å². The average molecular weight is 258 g/mol. The van der Waals surface area contributed by atoms with Crippen molar-refractivity contribution < 1.29 is 0 Å². The fraction of sp³-hybridized carbons (Fsp3) is 1.00. The molecule has 0 spiro atoms. The smallest absolute Gasteiger partial charge is 0.0612 e. The van der Waals surface area contributed by atoms with Gasteiger partial charge < -0.3 is 5.73 Å². The molecule has 0 aliphatic carbocycles. The van der Waals surface area contributed by atoms with Gasteiger partial charge in [0.2, 0.25) is 0 Å². The molecule has 0 radical (unpaired) electrons. The molecular formula is C15H35NSi. The maximum absolute atomic E-state index is 5.55. The highest BCUT2D eigenvalue weighted by molar-refractivity contribution is 6.83. The molecule has 17 heavy (non-hydrogen) atoms. The zero-order valence-electron chi connectivity index (χ0n) is 13.1. The number of rotatable bonds is 9. The SMILES string of the molecule is CC(C)[Si](CCCCCCN)(C(C)C)C(C)C. The largest absolute Gasteiger partial charge is 0.330 e. The summed E-state index contributed by atoms with van der Waals surface area (Å²) in [6.45, 7) is 15.6. The molecular weight excluding hydrogens is 222 g/mol. The third-order valence-corrected chi connectivity index (χ3v) is 12.5. The summed E-state index contributed by atoms with van der Waals surface area (Å²) in [4.78, 5) is 0. The van der Waals surface area contributed by atoms with Crippen LogP contribution in [0.25, 0.3) is 0 Å². The molecule has 0 rings (SSSR count). The van der Waals surface area contributed by atoms with E-state index < -0.39 is 8.07 Å². The van der Waals surface area contributed by atoms with Crippen molar-refractivity contribution in [2.45, 2.75) is 89.9 Å². The van der Waals surface area contributed by atoms with Gasteiger partial charge in [0, 0.05) is 0 Å². The highest BCUT2D eigenvalue weighted by Crippen LogP contribution is 2.45. The van der Waals surface area contributed by atoms with Gasteiger partial charge in [0.15, 0.2) is 0 Å². The second-order valence-electron chi connectivity index (χ2n) is 6.53. The third kappa shape index (κ3) is 4.74. The summed E-state index contributed by atoms with van der Waals surface area (Å²) in [5.41, 5.74) is 8.29. The molecule has 0 aromatic rings. The van der Waals surface area contributed by atoms with Gasteiger partial charge in [0.05, 0.1) is 8.07 Å². The lowest BCUT2D eigenvalue weighted by atomic mass is 10.2. The maximum atomic E-state index is 5.55. The molecule has 0 aliphatic heterocycles. The standard InChI is InChI=1S/C15H35NSi/c1-13(2)17(14(3)4,15(5)6)12-10-8-7-9-11-16/h13-15H,7-12,16H2,1-6H3.